The van der Waals surface area contributed by atoms with Gasteiger partial charge in [0.1, 0.15) is 10.8 Å². The van der Waals surface area contributed by atoms with E-state index in [0.717, 1.165) is 18.0 Å². The average Bonchev–Trinajstić information content (AvgIpc) is 2.94. The van der Waals surface area contributed by atoms with Gasteiger partial charge in [-0.15, -0.1) is 0 Å². The van der Waals surface area contributed by atoms with Gasteiger partial charge in [0.2, 0.25) is 0 Å². The van der Waals surface area contributed by atoms with Crippen LogP contribution in [-0.4, -0.2) is 17.5 Å². The Hall–Kier alpha value is -0.770. The van der Waals surface area contributed by atoms with E-state index in [2.05, 4.69) is 23.1 Å². The van der Waals surface area contributed by atoms with Gasteiger partial charge in [0.15, 0.2) is 0 Å². The summed E-state index contributed by atoms with van der Waals surface area (Å²) in [5.41, 5.74) is 6.90. The molecule has 0 radical (unpaired) electrons. The van der Waals surface area contributed by atoms with Gasteiger partial charge in [-0.25, -0.2) is 0 Å². The number of nitrogens with two attached hydrogens (primary N) is 1. The summed E-state index contributed by atoms with van der Waals surface area (Å²) in [6.45, 7) is 6.49. The summed E-state index contributed by atoms with van der Waals surface area (Å²) in [4.78, 5) is 2.40. The molecule has 4 heteroatoms. The van der Waals surface area contributed by atoms with Crippen LogP contribution in [0.1, 0.15) is 25.3 Å². The molecule has 14 heavy (non-hydrogen) atoms. The predicted molar refractivity (Wildman–Crippen MR) is 61.9 cm³/mol. The van der Waals surface area contributed by atoms with Crippen LogP contribution in [0.5, 0.6) is 0 Å². The van der Waals surface area contributed by atoms with Crippen molar-refractivity contribution in [1.82, 2.24) is 4.37 Å². The summed E-state index contributed by atoms with van der Waals surface area (Å²) in [6.07, 6.45) is 2.79. The van der Waals surface area contributed by atoms with Crippen LogP contribution in [0.4, 0.5) is 10.8 Å². The minimum atomic E-state index is 0.694. The standard InChI is InChI=1S/C10H17N3S/c1-3-13(6-8-4-5-8)10-7(2)9(11)12-14-10/h8H,3-6H2,1-2H3,(H2,11,12). The highest BCUT2D eigenvalue weighted by molar-refractivity contribution is 7.10. The van der Waals surface area contributed by atoms with E-state index >= 15 is 0 Å². The number of nitrogens with zero attached hydrogens (tertiary/aromatic N) is 2. The van der Waals surface area contributed by atoms with Crippen LogP contribution >= 0.6 is 11.5 Å². The molecule has 1 heterocycles. The third kappa shape index (κ3) is 1.85. The van der Waals surface area contributed by atoms with Gasteiger partial charge in [-0.2, -0.15) is 4.37 Å². The SMILES string of the molecule is CCN(CC1CC1)c1snc(N)c1C. The molecule has 0 saturated heterocycles. The minimum Gasteiger partial charge on any atom is -0.383 e. The summed E-state index contributed by atoms with van der Waals surface area (Å²) >= 11 is 1.53. The molecule has 0 aliphatic heterocycles. The largest absolute Gasteiger partial charge is 0.383 e. The summed E-state index contributed by atoms with van der Waals surface area (Å²) in [7, 11) is 0. The molecule has 1 aliphatic rings. The first-order chi connectivity index (χ1) is 6.72. The van der Waals surface area contributed by atoms with Crippen LogP contribution in [0.25, 0.3) is 0 Å². The summed E-state index contributed by atoms with van der Waals surface area (Å²) in [5, 5.41) is 1.26. The van der Waals surface area contributed by atoms with Crippen molar-refractivity contribution in [3.63, 3.8) is 0 Å². The highest BCUT2D eigenvalue weighted by Crippen LogP contribution is 2.35. The maximum atomic E-state index is 5.75. The monoisotopic (exact) mass is 211 g/mol. The molecule has 0 spiro atoms. The normalized spacial score (nSPS) is 15.9. The maximum absolute atomic E-state index is 5.75. The second-order valence-corrected chi connectivity index (χ2v) is 4.73. The van der Waals surface area contributed by atoms with Crippen molar-refractivity contribution >= 4 is 22.4 Å². The molecule has 1 saturated carbocycles. The fourth-order valence-corrected chi connectivity index (χ4v) is 2.48. The number of rotatable bonds is 4. The van der Waals surface area contributed by atoms with Gasteiger partial charge in [0.25, 0.3) is 0 Å². The van der Waals surface area contributed by atoms with E-state index < -0.39 is 0 Å². The van der Waals surface area contributed by atoms with Crippen molar-refractivity contribution in [1.29, 1.82) is 0 Å². The van der Waals surface area contributed by atoms with Gasteiger partial charge < -0.3 is 10.6 Å². The van der Waals surface area contributed by atoms with Crippen molar-refractivity contribution < 1.29 is 0 Å². The minimum absolute atomic E-state index is 0.694. The highest BCUT2D eigenvalue weighted by atomic mass is 32.1. The molecule has 1 aromatic rings. The van der Waals surface area contributed by atoms with Crippen molar-refractivity contribution in [3.05, 3.63) is 5.56 Å². The molecule has 78 valence electrons. The first-order valence-corrected chi connectivity index (χ1v) is 5.96. The van der Waals surface area contributed by atoms with E-state index in [-0.39, 0.29) is 0 Å². The van der Waals surface area contributed by atoms with Gasteiger partial charge in [-0.3, -0.25) is 0 Å². The predicted octanol–water partition coefficient (Wildman–Crippen LogP) is 2.27. The summed E-state index contributed by atoms with van der Waals surface area (Å²) in [6, 6.07) is 0. The Balaban J connectivity index is 2.12. The van der Waals surface area contributed by atoms with Crippen molar-refractivity contribution in [2.24, 2.45) is 5.92 Å². The quantitative estimate of drug-likeness (QED) is 0.830. The lowest BCUT2D eigenvalue weighted by Gasteiger charge is -2.21. The fraction of sp³-hybridized carbons (Fsp3) is 0.700. The number of nitrogen functional groups attached to an aromatic ring is 1. The molecule has 0 unspecified atom stereocenters. The second-order valence-electron chi connectivity index (χ2n) is 3.98. The van der Waals surface area contributed by atoms with E-state index in [1.807, 2.05) is 0 Å². The van der Waals surface area contributed by atoms with Crippen LogP contribution < -0.4 is 10.6 Å². The highest BCUT2D eigenvalue weighted by Gasteiger charge is 2.25. The zero-order valence-corrected chi connectivity index (χ0v) is 9.60. The molecule has 0 bridgehead atoms. The topological polar surface area (TPSA) is 42.2 Å². The molecule has 0 amide bonds. The van der Waals surface area contributed by atoms with E-state index in [1.54, 1.807) is 0 Å². The molecule has 0 atom stereocenters. The van der Waals surface area contributed by atoms with Gasteiger partial charge >= 0.3 is 0 Å². The zero-order valence-electron chi connectivity index (χ0n) is 8.79. The van der Waals surface area contributed by atoms with E-state index in [0.29, 0.717) is 5.82 Å². The second kappa shape index (κ2) is 3.77. The third-order valence-corrected chi connectivity index (χ3v) is 3.81. The van der Waals surface area contributed by atoms with Crippen LogP contribution in [0.3, 0.4) is 0 Å². The molecular formula is C10H17N3S. The van der Waals surface area contributed by atoms with Crippen LogP contribution in [-0.2, 0) is 0 Å². The Morgan fingerprint density at radius 1 is 1.57 bits per heavy atom. The van der Waals surface area contributed by atoms with Crippen LogP contribution in [0, 0.1) is 12.8 Å². The molecule has 2 N–H and O–H groups in total. The van der Waals surface area contributed by atoms with Crippen LogP contribution in [0.15, 0.2) is 0 Å². The molecule has 1 aromatic heterocycles. The maximum Gasteiger partial charge on any atom is 0.142 e. The molecular weight excluding hydrogens is 194 g/mol. The van der Waals surface area contributed by atoms with E-state index in [4.69, 9.17) is 5.73 Å². The Bertz CT molecular complexity index is 317. The Morgan fingerprint density at radius 3 is 2.71 bits per heavy atom. The van der Waals surface area contributed by atoms with Gasteiger partial charge in [-0.05, 0) is 44.1 Å². The molecule has 1 aliphatic carbocycles. The number of anilines is 2. The number of hydrogen-bond donors (Lipinski definition) is 1. The van der Waals surface area contributed by atoms with Gasteiger partial charge in [0, 0.05) is 18.7 Å². The van der Waals surface area contributed by atoms with Crippen molar-refractivity contribution in [2.75, 3.05) is 23.7 Å². The Labute approximate surface area is 89.1 Å². The molecule has 3 nitrogen and oxygen atoms in total. The molecule has 0 aromatic carbocycles. The molecule has 1 fully saturated rings. The van der Waals surface area contributed by atoms with E-state index in [1.165, 1.54) is 35.9 Å². The van der Waals surface area contributed by atoms with Crippen molar-refractivity contribution in [2.45, 2.75) is 26.7 Å². The summed E-state index contributed by atoms with van der Waals surface area (Å²) < 4.78 is 4.19. The number of hydrogen-bond acceptors (Lipinski definition) is 4. The smallest absolute Gasteiger partial charge is 0.142 e. The van der Waals surface area contributed by atoms with Crippen LogP contribution in [0.2, 0.25) is 0 Å². The lowest BCUT2D eigenvalue weighted by Crippen LogP contribution is -2.24. The summed E-state index contributed by atoms with van der Waals surface area (Å²) in [5.74, 6) is 1.61. The lowest BCUT2D eigenvalue weighted by molar-refractivity contribution is 0.746. The van der Waals surface area contributed by atoms with Crippen molar-refractivity contribution in [3.8, 4) is 0 Å². The number of aromatic nitrogens is 1. The molecule has 2 rings (SSSR count). The average molecular weight is 211 g/mol. The Kier molecular flexibility index (Phi) is 2.63. The first kappa shape index (κ1) is 9.77. The zero-order chi connectivity index (χ0) is 10.1. The first-order valence-electron chi connectivity index (χ1n) is 5.19. The van der Waals surface area contributed by atoms with Gasteiger partial charge in [0.05, 0.1) is 0 Å². The lowest BCUT2D eigenvalue weighted by atomic mass is 10.3. The Morgan fingerprint density at radius 2 is 2.29 bits per heavy atom. The third-order valence-electron chi connectivity index (χ3n) is 2.78. The van der Waals surface area contributed by atoms with Gasteiger partial charge in [-0.1, -0.05) is 0 Å². The van der Waals surface area contributed by atoms with E-state index in [9.17, 15) is 0 Å². The fourth-order valence-electron chi connectivity index (χ4n) is 1.60.